The standard InChI is InChI=1S/C12H28N2S2/c1-5-7-13-9-11(3)15-16-12(4)10-14-8-6-2/h11-14H,5-10H2,1-4H3. The average Bonchev–Trinajstić information content (AvgIpc) is 2.27. The molecule has 2 unspecified atom stereocenters. The number of hydrogen-bond acceptors (Lipinski definition) is 4. The Balaban J connectivity index is 3.32. The van der Waals surface area contributed by atoms with Gasteiger partial charge >= 0.3 is 0 Å². The van der Waals surface area contributed by atoms with Crippen molar-refractivity contribution in [3.8, 4) is 0 Å². The van der Waals surface area contributed by atoms with Crippen LogP contribution in [0.15, 0.2) is 0 Å². The van der Waals surface area contributed by atoms with Crippen LogP contribution in [0.1, 0.15) is 40.5 Å². The molecule has 2 nitrogen and oxygen atoms in total. The van der Waals surface area contributed by atoms with Gasteiger partial charge in [-0.05, 0) is 25.9 Å². The third-order valence-electron chi connectivity index (χ3n) is 2.10. The molecule has 0 aliphatic carbocycles. The summed E-state index contributed by atoms with van der Waals surface area (Å²) in [5, 5.41) is 8.32. The van der Waals surface area contributed by atoms with Crippen molar-refractivity contribution in [1.82, 2.24) is 10.6 Å². The van der Waals surface area contributed by atoms with Gasteiger partial charge in [0, 0.05) is 23.6 Å². The topological polar surface area (TPSA) is 24.1 Å². The SMILES string of the molecule is CCCNCC(C)SSC(C)CNCCC. The van der Waals surface area contributed by atoms with Crippen LogP contribution in [0, 0.1) is 0 Å². The van der Waals surface area contributed by atoms with Crippen molar-refractivity contribution in [1.29, 1.82) is 0 Å². The van der Waals surface area contributed by atoms with Gasteiger partial charge in [0.1, 0.15) is 0 Å². The van der Waals surface area contributed by atoms with E-state index in [-0.39, 0.29) is 0 Å². The third-order valence-corrected chi connectivity index (χ3v) is 5.51. The summed E-state index contributed by atoms with van der Waals surface area (Å²) in [6.07, 6.45) is 2.45. The Morgan fingerprint density at radius 1 is 0.812 bits per heavy atom. The van der Waals surface area contributed by atoms with Gasteiger partial charge in [0.15, 0.2) is 0 Å². The molecular weight excluding hydrogens is 236 g/mol. The molecule has 2 N–H and O–H groups in total. The molecule has 0 saturated heterocycles. The summed E-state index contributed by atoms with van der Waals surface area (Å²) in [5.74, 6) is 0. The van der Waals surface area contributed by atoms with E-state index >= 15 is 0 Å². The molecule has 0 aromatic rings. The first-order chi connectivity index (χ1) is 7.70. The van der Waals surface area contributed by atoms with E-state index < -0.39 is 0 Å². The monoisotopic (exact) mass is 264 g/mol. The van der Waals surface area contributed by atoms with E-state index in [2.05, 4.69) is 38.3 Å². The van der Waals surface area contributed by atoms with Crippen molar-refractivity contribution in [2.75, 3.05) is 26.2 Å². The minimum Gasteiger partial charge on any atom is -0.316 e. The maximum Gasteiger partial charge on any atom is 0.0248 e. The molecule has 0 spiro atoms. The zero-order valence-corrected chi connectivity index (χ0v) is 12.8. The smallest absolute Gasteiger partial charge is 0.0248 e. The normalized spacial score (nSPS) is 15.0. The predicted molar refractivity (Wildman–Crippen MR) is 80.4 cm³/mol. The highest BCUT2D eigenvalue weighted by atomic mass is 33.1. The summed E-state index contributed by atoms with van der Waals surface area (Å²) in [5.41, 5.74) is 0. The van der Waals surface area contributed by atoms with E-state index in [0.717, 1.165) is 26.2 Å². The van der Waals surface area contributed by atoms with Crippen molar-refractivity contribution in [2.24, 2.45) is 0 Å². The molecule has 0 heterocycles. The predicted octanol–water partition coefficient (Wildman–Crippen LogP) is 3.14. The van der Waals surface area contributed by atoms with Gasteiger partial charge in [-0.3, -0.25) is 0 Å². The van der Waals surface area contributed by atoms with E-state index in [9.17, 15) is 0 Å². The highest BCUT2D eigenvalue weighted by molar-refractivity contribution is 8.77. The van der Waals surface area contributed by atoms with Gasteiger partial charge in [-0.25, -0.2) is 0 Å². The van der Waals surface area contributed by atoms with E-state index in [0.29, 0.717) is 10.5 Å². The second kappa shape index (κ2) is 12.1. The van der Waals surface area contributed by atoms with Crippen molar-refractivity contribution < 1.29 is 0 Å². The Morgan fingerprint density at radius 2 is 1.19 bits per heavy atom. The molecule has 2 atom stereocenters. The van der Waals surface area contributed by atoms with Gasteiger partial charge in [-0.15, -0.1) is 0 Å². The number of nitrogens with one attached hydrogen (secondary N) is 2. The molecular formula is C12H28N2S2. The summed E-state index contributed by atoms with van der Waals surface area (Å²) in [4.78, 5) is 0. The molecule has 0 aliphatic heterocycles. The lowest BCUT2D eigenvalue weighted by Crippen LogP contribution is -2.25. The van der Waals surface area contributed by atoms with Crippen molar-refractivity contribution in [2.45, 2.75) is 51.0 Å². The van der Waals surface area contributed by atoms with E-state index in [1.807, 2.05) is 21.6 Å². The molecule has 0 aliphatic rings. The van der Waals surface area contributed by atoms with Gasteiger partial charge in [0.25, 0.3) is 0 Å². The Kier molecular flexibility index (Phi) is 12.6. The quantitative estimate of drug-likeness (QED) is 0.442. The maximum atomic E-state index is 3.46. The summed E-state index contributed by atoms with van der Waals surface area (Å²) in [7, 11) is 4.01. The van der Waals surface area contributed by atoms with Gasteiger partial charge in [-0.1, -0.05) is 49.3 Å². The van der Waals surface area contributed by atoms with E-state index in [1.54, 1.807) is 0 Å². The summed E-state index contributed by atoms with van der Waals surface area (Å²) >= 11 is 0. The minimum absolute atomic E-state index is 0.699. The van der Waals surface area contributed by atoms with Crippen LogP contribution in [0.2, 0.25) is 0 Å². The van der Waals surface area contributed by atoms with Crippen molar-refractivity contribution in [3.63, 3.8) is 0 Å². The van der Waals surface area contributed by atoms with Crippen LogP contribution in [0.5, 0.6) is 0 Å². The average molecular weight is 265 g/mol. The lowest BCUT2D eigenvalue weighted by atomic mass is 10.4. The summed E-state index contributed by atoms with van der Waals surface area (Å²) in [6, 6.07) is 0. The van der Waals surface area contributed by atoms with Gasteiger partial charge in [-0.2, -0.15) is 0 Å². The first-order valence-corrected chi connectivity index (χ1v) is 8.71. The zero-order valence-electron chi connectivity index (χ0n) is 11.2. The van der Waals surface area contributed by atoms with E-state index in [4.69, 9.17) is 0 Å². The molecule has 0 radical (unpaired) electrons. The molecule has 0 aromatic heterocycles. The third kappa shape index (κ3) is 11.1. The number of rotatable bonds is 11. The highest BCUT2D eigenvalue weighted by Gasteiger charge is 2.07. The molecule has 98 valence electrons. The van der Waals surface area contributed by atoms with Crippen LogP contribution in [0.25, 0.3) is 0 Å². The molecule has 0 amide bonds. The highest BCUT2D eigenvalue weighted by Crippen LogP contribution is 2.30. The van der Waals surface area contributed by atoms with Crippen LogP contribution >= 0.6 is 21.6 Å². The Morgan fingerprint density at radius 3 is 1.50 bits per heavy atom. The van der Waals surface area contributed by atoms with E-state index in [1.165, 1.54) is 12.8 Å². The first-order valence-electron chi connectivity index (χ1n) is 6.44. The Bertz CT molecular complexity index is 129. The fourth-order valence-electron chi connectivity index (χ4n) is 1.22. The molecule has 0 aromatic carbocycles. The van der Waals surface area contributed by atoms with Crippen LogP contribution in [0.4, 0.5) is 0 Å². The van der Waals surface area contributed by atoms with Crippen molar-refractivity contribution in [3.05, 3.63) is 0 Å². The van der Waals surface area contributed by atoms with Crippen LogP contribution in [0.3, 0.4) is 0 Å². The number of hydrogen-bond donors (Lipinski definition) is 2. The molecule has 4 heteroatoms. The van der Waals surface area contributed by atoms with Crippen molar-refractivity contribution >= 4 is 21.6 Å². The second-order valence-corrected chi connectivity index (χ2v) is 7.37. The molecule has 0 saturated carbocycles. The first kappa shape index (κ1) is 16.6. The van der Waals surface area contributed by atoms with Crippen LogP contribution < -0.4 is 10.6 Å². The molecule has 16 heavy (non-hydrogen) atoms. The van der Waals surface area contributed by atoms with Gasteiger partial charge in [0.05, 0.1) is 0 Å². The lowest BCUT2D eigenvalue weighted by molar-refractivity contribution is 0.668. The van der Waals surface area contributed by atoms with Crippen LogP contribution in [-0.2, 0) is 0 Å². The lowest BCUT2D eigenvalue weighted by Gasteiger charge is -2.15. The fourth-order valence-corrected chi connectivity index (χ4v) is 3.52. The largest absolute Gasteiger partial charge is 0.316 e. The summed E-state index contributed by atoms with van der Waals surface area (Å²) in [6.45, 7) is 13.6. The second-order valence-electron chi connectivity index (χ2n) is 4.22. The molecule has 0 bridgehead atoms. The summed E-state index contributed by atoms with van der Waals surface area (Å²) < 4.78 is 0. The molecule has 0 fully saturated rings. The van der Waals surface area contributed by atoms with Gasteiger partial charge < -0.3 is 10.6 Å². The van der Waals surface area contributed by atoms with Gasteiger partial charge in [0.2, 0.25) is 0 Å². The fraction of sp³-hybridized carbons (Fsp3) is 1.00. The zero-order chi connectivity index (χ0) is 12.2. The van der Waals surface area contributed by atoms with Crippen LogP contribution in [-0.4, -0.2) is 36.7 Å². The Labute approximate surface area is 109 Å². The minimum atomic E-state index is 0.699. The maximum absolute atomic E-state index is 3.46. The Hall–Kier alpha value is 0.620. The molecule has 0 rings (SSSR count).